The van der Waals surface area contributed by atoms with Crippen LogP contribution in [0.15, 0.2) is 71.1 Å². The fourth-order valence-corrected chi connectivity index (χ4v) is 4.05. The van der Waals surface area contributed by atoms with Crippen LogP contribution < -0.4 is 10.1 Å². The number of benzene rings is 2. The molecule has 0 fully saturated rings. The third-order valence-electron chi connectivity index (χ3n) is 6.42. The Kier molecular flexibility index (Phi) is 6.59. The molecular formula is C28H31N3O3. The fraction of sp³-hybridized carbons (Fsp3) is 0.286. The van der Waals surface area contributed by atoms with Crippen molar-refractivity contribution in [2.75, 3.05) is 0 Å². The van der Waals surface area contributed by atoms with Crippen LogP contribution in [0, 0.1) is 13.8 Å². The molecule has 1 amide bonds. The van der Waals surface area contributed by atoms with Gasteiger partial charge in [0.25, 0.3) is 5.91 Å². The van der Waals surface area contributed by atoms with E-state index < -0.39 is 0 Å². The molecule has 2 aromatic carbocycles. The van der Waals surface area contributed by atoms with Crippen LogP contribution in [0.1, 0.15) is 58.2 Å². The number of rotatable bonds is 8. The first-order chi connectivity index (χ1) is 16.3. The highest BCUT2D eigenvalue weighted by molar-refractivity contribution is 5.91. The first kappa shape index (κ1) is 23.4. The molecule has 0 unspecified atom stereocenters. The average Bonchev–Trinajstić information content (AvgIpc) is 3.41. The van der Waals surface area contributed by atoms with Crippen molar-refractivity contribution in [1.29, 1.82) is 0 Å². The van der Waals surface area contributed by atoms with Crippen molar-refractivity contribution in [3.05, 3.63) is 106 Å². The lowest BCUT2D eigenvalue weighted by Crippen LogP contribution is -2.23. The number of furan rings is 1. The Balaban J connectivity index is 1.33. The van der Waals surface area contributed by atoms with E-state index in [0.29, 0.717) is 12.3 Å². The number of aryl methyl sites for hydroxylation is 2. The molecule has 0 atom stereocenters. The highest BCUT2D eigenvalue weighted by Crippen LogP contribution is 2.32. The average molecular weight is 458 g/mol. The molecule has 0 saturated heterocycles. The van der Waals surface area contributed by atoms with Gasteiger partial charge in [0.1, 0.15) is 18.1 Å². The molecule has 0 saturated carbocycles. The zero-order valence-electron chi connectivity index (χ0n) is 20.4. The van der Waals surface area contributed by atoms with E-state index in [1.807, 2.05) is 43.8 Å². The summed E-state index contributed by atoms with van der Waals surface area (Å²) >= 11 is 0. The summed E-state index contributed by atoms with van der Waals surface area (Å²) in [4.78, 5) is 12.5. The predicted molar refractivity (Wildman–Crippen MR) is 132 cm³/mol. The van der Waals surface area contributed by atoms with Gasteiger partial charge < -0.3 is 14.5 Å². The van der Waals surface area contributed by atoms with E-state index in [2.05, 4.69) is 60.7 Å². The number of nitrogens with one attached hydrogen (secondary N) is 1. The number of hydrogen-bond donors (Lipinski definition) is 1. The molecule has 0 aliphatic rings. The van der Waals surface area contributed by atoms with Gasteiger partial charge in [-0.1, -0.05) is 56.3 Å². The number of carbonyl (C=O) groups excluding carboxylic acids is 1. The topological polar surface area (TPSA) is 69.3 Å². The van der Waals surface area contributed by atoms with Gasteiger partial charge in [0.2, 0.25) is 0 Å². The molecule has 0 radical (unpaired) electrons. The van der Waals surface area contributed by atoms with E-state index in [1.165, 1.54) is 11.1 Å². The molecule has 0 aliphatic carbocycles. The molecule has 1 N–H and O–H groups in total. The van der Waals surface area contributed by atoms with Crippen LogP contribution in [0.5, 0.6) is 5.75 Å². The second-order valence-corrected chi connectivity index (χ2v) is 9.03. The smallest absolute Gasteiger partial charge is 0.287 e. The SMILES string of the molecule is Cc1nn(C)c(C)c1CNC(=O)c1ccc(COc2ccc(C(C)(C)c3ccccc3)cc2)o1. The summed E-state index contributed by atoms with van der Waals surface area (Å²) in [6.45, 7) is 9.00. The Bertz CT molecular complexity index is 1270. The van der Waals surface area contributed by atoms with Crippen molar-refractivity contribution in [3.63, 3.8) is 0 Å². The Labute approximate surface area is 200 Å². The summed E-state index contributed by atoms with van der Waals surface area (Å²) in [7, 11) is 1.89. The van der Waals surface area contributed by atoms with Crippen molar-refractivity contribution in [2.24, 2.45) is 7.05 Å². The molecule has 4 aromatic rings. The van der Waals surface area contributed by atoms with Gasteiger partial charge in [-0.3, -0.25) is 9.48 Å². The van der Waals surface area contributed by atoms with Crippen molar-refractivity contribution in [2.45, 2.75) is 46.3 Å². The molecule has 0 bridgehead atoms. The summed E-state index contributed by atoms with van der Waals surface area (Å²) in [5.74, 6) is 1.34. The van der Waals surface area contributed by atoms with Crippen LogP contribution in [0.25, 0.3) is 0 Å². The minimum Gasteiger partial charge on any atom is -0.486 e. The van der Waals surface area contributed by atoms with E-state index >= 15 is 0 Å². The Morgan fingerprint density at radius 3 is 2.32 bits per heavy atom. The standard InChI is InChI=1S/C28H31N3O3/c1-19-25(20(2)31(5)30-19)17-29-27(32)26-16-15-24(34-26)18-33-23-13-11-22(12-14-23)28(3,4)21-9-7-6-8-10-21/h6-16H,17-18H2,1-5H3,(H,29,32). The van der Waals surface area contributed by atoms with Crippen LogP contribution in [0.3, 0.4) is 0 Å². The number of nitrogens with zero attached hydrogens (tertiary/aromatic N) is 2. The number of carbonyl (C=O) groups is 1. The Hall–Kier alpha value is -3.80. The summed E-state index contributed by atoms with van der Waals surface area (Å²) in [6, 6.07) is 22.0. The predicted octanol–water partition coefficient (Wildman–Crippen LogP) is 5.46. The largest absolute Gasteiger partial charge is 0.486 e. The molecule has 4 rings (SSSR count). The Morgan fingerprint density at radius 2 is 1.68 bits per heavy atom. The van der Waals surface area contributed by atoms with E-state index in [-0.39, 0.29) is 23.7 Å². The third-order valence-corrected chi connectivity index (χ3v) is 6.42. The number of aromatic nitrogens is 2. The first-order valence-electron chi connectivity index (χ1n) is 11.4. The second-order valence-electron chi connectivity index (χ2n) is 9.03. The zero-order valence-corrected chi connectivity index (χ0v) is 20.4. The summed E-state index contributed by atoms with van der Waals surface area (Å²) in [6.07, 6.45) is 0. The van der Waals surface area contributed by atoms with Crippen LogP contribution in [0.4, 0.5) is 0 Å². The minimum absolute atomic E-state index is 0.101. The van der Waals surface area contributed by atoms with Gasteiger partial charge in [-0.2, -0.15) is 5.10 Å². The van der Waals surface area contributed by atoms with E-state index in [4.69, 9.17) is 9.15 Å². The summed E-state index contributed by atoms with van der Waals surface area (Å²) < 4.78 is 13.4. The molecule has 2 aromatic heterocycles. The zero-order chi connectivity index (χ0) is 24.3. The number of hydrogen-bond acceptors (Lipinski definition) is 4. The van der Waals surface area contributed by atoms with E-state index in [9.17, 15) is 4.79 Å². The maximum absolute atomic E-state index is 12.5. The van der Waals surface area contributed by atoms with Crippen LogP contribution in [-0.2, 0) is 25.6 Å². The number of ether oxygens (including phenoxy) is 1. The first-order valence-corrected chi connectivity index (χ1v) is 11.4. The van der Waals surface area contributed by atoms with Crippen molar-refractivity contribution < 1.29 is 13.9 Å². The van der Waals surface area contributed by atoms with Crippen LogP contribution >= 0.6 is 0 Å². The Morgan fingerprint density at radius 1 is 1.00 bits per heavy atom. The van der Waals surface area contributed by atoms with Gasteiger partial charge in [-0.25, -0.2) is 0 Å². The van der Waals surface area contributed by atoms with E-state index in [0.717, 1.165) is 22.7 Å². The van der Waals surface area contributed by atoms with Gasteiger partial charge in [0.05, 0.1) is 5.69 Å². The van der Waals surface area contributed by atoms with Crippen molar-refractivity contribution >= 4 is 5.91 Å². The van der Waals surface area contributed by atoms with Gasteiger partial charge >= 0.3 is 0 Å². The molecule has 176 valence electrons. The lowest BCUT2D eigenvalue weighted by atomic mass is 9.78. The normalized spacial score (nSPS) is 11.4. The monoisotopic (exact) mass is 457 g/mol. The molecule has 6 nitrogen and oxygen atoms in total. The van der Waals surface area contributed by atoms with Crippen molar-refractivity contribution in [3.8, 4) is 5.75 Å². The quantitative estimate of drug-likeness (QED) is 0.381. The fourth-order valence-electron chi connectivity index (χ4n) is 4.05. The highest BCUT2D eigenvalue weighted by Gasteiger charge is 2.22. The lowest BCUT2D eigenvalue weighted by molar-refractivity contribution is 0.0919. The summed E-state index contributed by atoms with van der Waals surface area (Å²) in [5.41, 5.74) is 5.33. The molecule has 2 heterocycles. The molecule has 0 spiro atoms. The van der Waals surface area contributed by atoms with Crippen LogP contribution in [0.2, 0.25) is 0 Å². The second kappa shape index (κ2) is 9.59. The highest BCUT2D eigenvalue weighted by atomic mass is 16.5. The maximum atomic E-state index is 12.5. The maximum Gasteiger partial charge on any atom is 0.287 e. The minimum atomic E-state index is -0.263. The van der Waals surface area contributed by atoms with Crippen LogP contribution in [-0.4, -0.2) is 15.7 Å². The lowest BCUT2D eigenvalue weighted by Gasteiger charge is -2.26. The molecule has 6 heteroatoms. The molecule has 0 aliphatic heterocycles. The van der Waals surface area contributed by atoms with Gasteiger partial charge in [-0.05, 0) is 49.2 Å². The number of amides is 1. The van der Waals surface area contributed by atoms with E-state index in [1.54, 1.807) is 12.1 Å². The van der Waals surface area contributed by atoms with Gasteiger partial charge in [0.15, 0.2) is 5.76 Å². The molecule has 34 heavy (non-hydrogen) atoms. The summed E-state index contributed by atoms with van der Waals surface area (Å²) in [5, 5.41) is 7.28. The third kappa shape index (κ3) is 4.91. The molecular weight excluding hydrogens is 426 g/mol. The van der Waals surface area contributed by atoms with Gasteiger partial charge in [-0.15, -0.1) is 0 Å². The van der Waals surface area contributed by atoms with Gasteiger partial charge in [0, 0.05) is 30.3 Å². The van der Waals surface area contributed by atoms with Crippen molar-refractivity contribution in [1.82, 2.24) is 15.1 Å².